The number of hydrogen-bond acceptors (Lipinski definition) is 2. The lowest BCUT2D eigenvalue weighted by Gasteiger charge is -2.13. The van der Waals surface area contributed by atoms with E-state index in [9.17, 15) is 4.79 Å². The topological polar surface area (TPSA) is 46.5 Å². The summed E-state index contributed by atoms with van der Waals surface area (Å²) in [5.41, 5.74) is 3.29. The van der Waals surface area contributed by atoms with E-state index in [0.29, 0.717) is 13.0 Å². The highest BCUT2D eigenvalue weighted by Crippen LogP contribution is 2.33. The van der Waals surface area contributed by atoms with E-state index in [1.807, 2.05) is 14.1 Å². The molecule has 89 valence electrons. The maximum Gasteiger partial charge on any atom is 0.303 e. The maximum atomic E-state index is 10.6. The first kappa shape index (κ1) is 12.5. The first-order valence-corrected chi connectivity index (χ1v) is 6.41. The monoisotopic (exact) mass is 295 g/mol. The van der Waals surface area contributed by atoms with Crippen LogP contribution >= 0.6 is 15.9 Å². The Labute approximate surface area is 110 Å². The van der Waals surface area contributed by atoms with Gasteiger partial charge in [0.25, 0.3) is 0 Å². The van der Waals surface area contributed by atoms with Crippen molar-refractivity contribution in [1.29, 1.82) is 0 Å². The zero-order valence-electron chi connectivity index (χ0n) is 9.62. The Hall–Kier alpha value is -0.965. The molecule has 0 saturated heterocycles. The van der Waals surface area contributed by atoms with Crippen molar-refractivity contribution in [2.75, 3.05) is 6.61 Å². The van der Waals surface area contributed by atoms with Crippen LogP contribution in [-0.4, -0.2) is 25.0 Å². The van der Waals surface area contributed by atoms with E-state index < -0.39 is 5.97 Å². The lowest BCUT2D eigenvalue weighted by molar-refractivity contribution is -0.136. The second kappa shape index (κ2) is 5.13. The zero-order valence-corrected chi connectivity index (χ0v) is 11.2. The molecule has 1 radical (unpaired) electrons. The predicted octanol–water partition coefficient (Wildman–Crippen LogP) is 1.78. The number of carboxylic acid groups (broad SMARTS) is 1. The average molecular weight is 296 g/mol. The Morgan fingerprint density at radius 2 is 2.41 bits per heavy atom. The van der Waals surface area contributed by atoms with Crippen LogP contribution in [0.2, 0.25) is 6.82 Å². The van der Waals surface area contributed by atoms with Crippen molar-refractivity contribution in [2.24, 2.45) is 0 Å². The molecule has 1 aromatic rings. The quantitative estimate of drug-likeness (QED) is 0.862. The van der Waals surface area contributed by atoms with E-state index >= 15 is 0 Å². The van der Waals surface area contributed by atoms with Crippen LogP contribution in [0.15, 0.2) is 10.5 Å². The number of aliphatic carboxylic acids is 1. The van der Waals surface area contributed by atoms with Crippen LogP contribution in [0.5, 0.6) is 5.75 Å². The minimum absolute atomic E-state index is 0.160. The molecule has 1 aromatic carbocycles. The molecule has 1 aliphatic heterocycles. The second-order valence-corrected chi connectivity index (χ2v) is 4.83. The van der Waals surface area contributed by atoms with Crippen molar-refractivity contribution in [2.45, 2.75) is 26.1 Å². The lowest BCUT2D eigenvalue weighted by Crippen LogP contribution is -2.20. The van der Waals surface area contributed by atoms with Gasteiger partial charge >= 0.3 is 5.97 Å². The van der Waals surface area contributed by atoms with Gasteiger partial charge in [0.15, 0.2) is 0 Å². The molecule has 0 unspecified atom stereocenters. The van der Waals surface area contributed by atoms with Gasteiger partial charge in [-0.05, 0) is 27.9 Å². The lowest BCUT2D eigenvalue weighted by atomic mass is 9.69. The second-order valence-electron chi connectivity index (χ2n) is 4.03. The van der Waals surface area contributed by atoms with Gasteiger partial charge in [-0.3, -0.25) is 4.79 Å². The van der Waals surface area contributed by atoms with Crippen LogP contribution in [-0.2, 0) is 17.6 Å². The van der Waals surface area contributed by atoms with Gasteiger partial charge in [0.2, 0.25) is 0 Å². The number of fused-ring (bicyclic) bond motifs is 1. The Kier molecular flexibility index (Phi) is 3.77. The van der Waals surface area contributed by atoms with E-state index in [2.05, 4.69) is 22.0 Å². The molecular weight excluding hydrogens is 283 g/mol. The third-order valence-corrected chi connectivity index (χ3v) is 3.72. The minimum atomic E-state index is -0.764. The van der Waals surface area contributed by atoms with Crippen LogP contribution in [0, 0.1) is 0 Å². The smallest absolute Gasteiger partial charge is 0.303 e. The van der Waals surface area contributed by atoms with Gasteiger partial charge in [-0.25, -0.2) is 0 Å². The molecule has 1 aliphatic rings. The Balaban J connectivity index is 2.37. The van der Waals surface area contributed by atoms with E-state index in [1.54, 1.807) is 0 Å². The van der Waals surface area contributed by atoms with Crippen molar-refractivity contribution in [1.82, 2.24) is 0 Å². The standard InChI is InChI=1S/C12H13BBrO3/c1-13-10-7(2-3-9(15)16)6-8-4-5-17-12(8)11(10)14/h6H,2-5H2,1H3,(H,15,16). The highest BCUT2D eigenvalue weighted by molar-refractivity contribution is 9.10. The van der Waals surface area contributed by atoms with Crippen LogP contribution in [0.4, 0.5) is 0 Å². The van der Waals surface area contributed by atoms with Crippen molar-refractivity contribution < 1.29 is 14.6 Å². The van der Waals surface area contributed by atoms with E-state index in [4.69, 9.17) is 9.84 Å². The fourth-order valence-corrected chi connectivity index (χ4v) is 2.98. The van der Waals surface area contributed by atoms with Gasteiger partial charge in [-0.2, -0.15) is 0 Å². The molecule has 0 spiro atoms. The summed E-state index contributed by atoms with van der Waals surface area (Å²) in [5.74, 6) is 0.150. The summed E-state index contributed by atoms with van der Waals surface area (Å²) < 4.78 is 6.52. The number of carboxylic acids is 1. The fraction of sp³-hybridized carbons (Fsp3) is 0.417. The molecule has 0 saturated carbocycles. The van der Waals surface area contributed by atoms with Gasteiger partial charge in [0.05, 0.1) is 11.1 Å². The molecule has 3 nitrogen and oxygen atoms in total. The first-order valence-electron chi connectivity index (χ1n) is 5.61. The SMILES string of the molecule is C[B]c1c(CCC(=O)O)cc2c(c1Br)OCC2. The molecule has 0 amide bonds. The number of hydrogen-bond donors (Lipinski definition) is 1. The van der Waals surface area contributed by atoms with Gasteiger partial charge in [0, 0.05) is 12.8 Å². The molecule has 17 heavy (non-hydrogen) atoms. The summed E-state index contributed by atoms with van der Waals surface area (Å²) >= 11 is 3.55. The van der Waals surface area contributed by atoms with Crippen molar-refractivity contribution in [3.63, 3.8) is 0 Å². The van der Waals surface area contributed by atoms with Crippen LogP contribution in [0.25, 0.3) is 0 Å². The number of aryl methyl sites for hydroxylation is 1. The first-order chi connectivity index (χ1) is 8.13. The zero-order chi connectivity index (χ0) is 12.4. The van der Waals surface area contributed by atoms with Crippen molar-refractivity contribution >= 4 is 34.6 Å². The molecular formula is C12H13BBrO3. The summed E-state index contributed by atoms with van der Waals surface area (Å²) in [4.78, 5) is 10.6. The highest BCUT2D eigenvalue weighted by Gasteiger charge is 2.20. The number of ether oxygens (including phenoxy) is 1. The predicted molar refractivity (Wildman–Crippen MR) is 70.5 cm³/mol. The van der Waals surface area contributed by atoms with E-state index in [1.165, 1.54) is 5.56 Å². The van der Waals surface area contributed by atoms with Gasteiger partial charge < -0.3 is 9.84 Å². The van der Waals surface area contributed by atoms with Crippen molar-refractivity contribution in [3.05, 3.63) is 21.7 Å². The fourth-order valence-electron chi connectivity index (χ4n) is 2.12. The number of rotatable bonds is 4. The normalized spacial score (nSPS) is 13.1. The summed E-state index contributed by atoms with van der Waals surface area (Å²) in [5, 5.41) is 8.75. The van der Waals surface area contributed by atoms with Crippen LogP contribution < -0.4 is 10.2 Å². The van der Waals surface area contributed by atoms with Gasteiger partial charge in [-0.15, -0.1) is 0 Å². The largest absolute Gasteiger partial charge is 0.492 e. The Morgan fingerprint density at radius 3 is 3.06 bits per heavy atom. The Bertz CT molecular complexity index is 460. The van der Waals surface area contributed by atoms with Gasteiger partial charge in [0.1, 0.15) is 13.0 Å². The molecule has 5 heteroatoms. The van der Waals surface area contributed by atoms with Crippen LogP contribution in [0.3, 0.4) is 0 Å². The number of carbonyl (C=O) groups is 1. The Morgan fingerprint density at radius 1 is 1.65 bits per heavy atom. The summed E-state index contributed by atoms with van der Waals surface area (Å²) in [6.07, 6.45) is 1.62. The third-order valence-electron chi connectivity index (χ3n) is 2.94. The molecule has 0 aromatic heterocycles. The number of benzene rings is 1. The molecule has 0 bridgehead atoms. The molecule has 0 atom stereocenters. The molecule has 0 aliphatic carbocycles. The molecule has 1 N–H and O–H groups in total. The van der Waals surface area contributed by atoms with Crippen molar-refractivity contribution in [3.8, 4) is 5.75 Å². The molecule has 0 fully saturated rings. The maximum absolute atomic E-state index is 10.6. The summed E-state index contributed by atoms with van der Waals surface area (Å²) in [6.45, 7) is 2.66. The highest BCUT2D eigenvalue weighted by atomic mass is 79.9. The molecule has 2 rings (SSSR count). The van der Waals surface area contributed by atoms with E-state index in [0.717, 1.165) is 27.7 Å². The van der Waals surface area contributed by atoms with E-state index in [-0.39, 0.29) is 6.42 Å². The molecule has 1 heterocycles. The summed E-state index contributed by atoms with van der Waals surface area (Å²) in [6, 6.07) is 2.07. The summed E-state index contributed by atoms with van der Waals surface area (Å²) in [7, 11) is 1.99. The van der Waals surface area contributed by atoms with Crippen LogP contribution in [0.1, 0.15) is 17.5 Å². The average Bonchev–Trinajstić information content (AvgIpc) is 2.74. The minimum Gasteiger partial charge on any atom is -0.492 e. The number of halogens is 1. The van der Waals surface area contributed by atoms with Gasteiger partial charge in [-0.1, -0.05) is 23.9 Å². The third kappa shape index (κ3) is 2.49.